The number of ether oxygens (including phenoxy) is 1. The monoisotopic (exact) mass is 349 g/mol. The Morgan fingerprint density at radius 2 is 2.00 bits per heavy atom. The molecule has 2 rings (SSSR count). The summed E-state index contributed by atoms with van der Waals surface area (Å²) in [6.07, 6.45) is 0.544. The van der Waals surface area contributed by atoms with Gasteiger partial charge < -0.3 is 14.8 Å². The van der Waals surface area contributed by atoms with Gasteiger partial charge in [0.1, 0.15) is 0 Å². The van der Waals surface area contributed by atoms with Crippen LogP contribution in [0.25, 0.3) is 10.9 Å². The number of para-hydroxylation sites is 1. The highest BCUT2D eigenvalue weighted by atomic mass is 32.2. The second kappa shape index (κ2) is 8.01. The van der Waals surface area contributed by atoms with E-state index in [0.29, 0.717) is 0 Å². The van der Waals surface area contributed by atoms with Gasteiger partial charge in [-0.2, -0.15) is 0 Å². The highest BCUT2D eigenvalue weighted by Crippen LogP contribution is 2.21. The highest BCUT2D eigenvalue weighted by Gasteiger charge is 2.26. The number of esters is 1. The summed E-state index contributed by atoms with van der Waals surface area (Å²) in [5.74, 6) is -2.09. The zero-order valence-electron chi connectivity index (χ0n) is 13.4. The van der Waals surface area contributed by atoms with Crippen LogP contribution in [0.5, 0.6) is 0 Å². The molecule has 0 saturated heterocycles. The third-order valence-corrected chi connectivity index (χ3v) is 4.63. The van der Waals surface area contributed by atoms with Crippen LogP contribution in [-0.4, -0.2) is 39.0 Å². The average molecular weight is 349 g/mol. The molecule has 0 spiro atoms. The SMILES string of the molecule is CC(=O)SCC(C)C(=O)OC(Cc1c[nH]c2ccccc12)C(=O)O. The lowest BCUT2D eigenvalue weighted by Gasteiger charge is -2.16. The fourth-order valence-corrected chi connectivity index (χ4v) is 2.87. The first-order chi connectivity index (χ1) is 11.4. The van der Waals surface area contributed by atoms with Crippen molar-refractivity contribution in [3.8, 4) is 0 Å². The Labute approximate surface area is 143 Å². The van der Waals surface area contributed by atoms with E-state index in [1.807, 2.05) is 24.3 Å². The van der Waals surface area contributed by atoms with E-state index in [1.165, 1.54) is 6.92 Å². The Morgan fingerprint density at radius 3 is 2.67 bits per heavy atom. The first-order valence-electron chi connectivity index (χ1n) is 7.50. The molecular weight excluding hydrogens is 330 g/mol. The summed E-state index contributed by atoms with van der Waals surface area (Å²) in [5.41, 5.74) is 1.67. The normalized spacial score (nSPS) is 13.4. The van der Waals surface area contributed by atoms with Crippen molar-refractivity contribution in [1.29, 1.82) is 0 Å². The number of aliphatic carboxylic acids is 1. The maximum Gasteiger partial charge on any atom is 0.345 e. The number of aromatic amines is 1. The van der Waals surface area contributed by atoms with Crippen LogP contribution in [0.3, 0.4) is 0 Å². The van der Waals surface area contributed by atoms with Crippen molar-refractivity contribution < 1.29 is 24.2 Å². The summed E-state index contributed by atoms with van der Waals surface area (Å²) in [6, 6.07) is 7.52. The smallest absolute Gasteiger partial charge is 0.345 e. The molecule has 1 aromatic heterocycles. The molecule has 1 heterocycles. The minimum absolute atomic E-state index is 0.0810. The van der Waals surface area contributed by atoms with Crippen molar-refractivity contribution in [3.63, 3.8) is 0 Å². The molecule has 6 nitrogen and oxygen atoms in total. The average Bonchev–Trinajstić information content (AvgIpc) is 2.94. The lowest BCUT2D eigenvalue weighted by Crippen LogP contribution is -2.32. The fraction of sp³-hybridized carbons (Fsp3) is 0.353. The number of carboxylic acids is 1. The molecule has 0 saturated carbocycles. The van der Waals surface area contributed by atoms with Gasteiger partial charge in [-0.15, -0.1) is 0 Å². The Balaban J connectivity index is 2.05. The number of thioether (sulfide) groups is 1. The zero-order valence-corrected chi connectivity index (χ0v) is 14.3. The molecule has 24 heavy (non-hydrogen) atoms. The number of benzene rings is 1. The van der Waals surface area contributed by atoms with Gasteiger partial charge in [0.05, 0.1) is 5.92 Å². The van der Waals surface area contributed by atoms with E-state index in [0.717, 1.165) is 28.2 Å². The number of aromatic nitrogens is 1. The van der Waals surface area contributed by atoms with Gasteiger partial charge in [0.25, 0.3) is 0 Å². The van der Waals surface area contributed by atoms with E-state index >= 15 is 0 Å². The van der Waals surface area contributed by atoms with Crippen LogP contribution < -0.4 is 0 Å². The predicted octanol–water partition coefficient (Wildman–Crippen LogP) is 2.62. The van der Waals surface area contributed by atoms with Crippen molar-refractivity contribution in [3.05, 3.63) is 36.0 Å². The molecule has 128 valence electrons. The first-order valence-corrected chi connectivity index (χ1v) is 8.48. The second-order valence-corrected chi connectivity index (χ2v) is 6.73. The number of fused-ring (bicyclic) bond motifs is 1. The van der Waals surface area contributed by atoms with Crippen LogP contribution in [0, 0.1) is 5.92 Å². The molecule has 0 fully saturated rings. The van der Waals surface area contributed by atoms with E-state index in [2.05, 4.69) is 4.98 Å². The van der Waals surface area contributed by atoms with E-state index < -0.39 is 24.0 Å². The summed E-state index contributed by atoms with van der Waals surface area (Å²) >= 11 is 1.02. The Hall–Kier alpha value is -2.28. The third kappa shape index (κ3) is 4.61. The van der Waals surface area contributed by atoms with E-state index in [4.69, 9.17) is 4.74 Å². The summed E-state index contributed by atoms with van der Waals surface area (Å²) in [5, 5.41) is 10.2. The summed E-state index contributed by atoms with van der Waals surface area (Å²) in [4.78, 5) is 37.5. The molecule has 0 aliphatic carbocycles. The number of hydrogen-bond donors (Lipinski definition) is 2. The number of hydrogen-bond acceptors (Lipinski definition) is 5. The van der Waals surface area contributed by atoms with Crippen LogP contribution in [0.4, 0.5) is 0 Å². The van der Waals surface area contributed by atoms with Crippen LogP contribution in [0.15, 0.2) is 30.5 Å². The molecule has 7 heteroatoms. The number of carboxylic acid groups (broad SMARTS) is 1. The number of rotatable bonds is 7. The minimum atomic E-state index is -1.26. The quantitative estimate of drug-likeness (QED) is 0.746. The van der Waals surface area contributed by atoms with Crippen LogP contribution in [0.2, 0.25) is 0 Å². The summed E-state index contributed by atoms with van der Waals surface area (Å²) < 4.78 is 5.15. The van der Waals surface area contributed by atoms with Crippen molar-refractivity contribution in [2.45, 2.75) is 26.4 Å². The lowest BCUT2D eigenvalue weighted by atomic mass is 10.1. The van der Waals surface area contributed by atoms with Gasteiger partial charge in [-0.1, -0.05) is 36.9 Å². The Bertz CT molecular complexity index is 754. The van der Waals surface area contributed by atoms with Gasteiger partial charge in [-0.05, 0) is 11.6 Å². The van der Waals surface area contributed by atoms with Crippen LogP contribution in [0.1, 0.15) is 19.4 Å². The lowest BCUT2D eigenvalue weighted by molar-refractivity contribution is -0.166. The Morgan fingerprint density at radius 1 is 1.29 bits per heavy atom. The van der Waals surface area contributed by atoms with Crippen molar-refractivity contribution in [1.82, 2.24) is 4.98 Å². The number of H-pyrrole nitrogens is 1. The van der Waals surface area contributed by atoms with Crippen LogP contribution in [-0.2, 0) is 25.5 Å². The molecule has 0 radical (unpaired) electrons. The summed E-state index contributed by atoms with van der Waals surface area (Å²) in [7, 11) is 0. The first kappa shape index (κ1) is 18.1. The molecular formula is C17H19NO5S. The number of nitrogens with one attached hydrogen (secondary N) is 1. The van der Waals surface area contributed by atoms with E-state index in [-0.39, 0.29) is 17.3 Å². The fourth-order valence-electron chi connectivity index (χ4n) is 2.25. The van der Waals surface area contributed by atoms with Gasteiger partial charge in [-0.25, -0.2) is 4.79 Å². The zero-order chi connectivity index (χ0) is 17.7. The van der Waals surface area contributed by atoms with Gasteiger partial charge in [0.2, 0.25) is 6.10 Å². The van der Waals surface area contributed by atoms with Gasteiger partial charge >= 0.3 is 11.9 Å². The number of carbonyl (C=O) groups is 3. The molecule has 0 aliphatic rings. The van der Waals surface area contributed by atoms with Crippen molar-refractivity contribution in [2.24, 2.45) is 5.92 Å². The van der Waals surface area contributed by atoms with Gasteiger partial charge in [-0.3, -0.25) is 9.59 Å². The summed E-state index contributed by atoms with van der Waals surface area (Å²) in [6.45, 7) is 3.03. The predicted molar refractivity (Wildman–Crippen MR) is 91.8 cm³/mol. The topological polar surface area (TPSA) is 96.5 Å². The molecule has 2 unspecified atom stereocenters. The molecule has 1 aromatic carbocycles. The molecule has 0 aliphatic heterocycles. The second-order valence-electron chi connectivity index (χ2n) is 5.53. The molecule has 2 atom stereocenters. The van der Waals surface area contributed by atoms with E-state index in [1.54, 1.807) is 13.1 Å². The van der Waals surface area contributed by atoms with E-state index in [9.17, 15) is 19.5 Å². The molecule has 2 N–H and O–H groups in total. The standard InChI is InChI=1S/C17H19NO5S/c1-10(9-24-11(2)19)17(22)23-15(16(20)21)7-12-8-18-14-6-4-3-5-13(12)14/h3-6,8,10,15,18H,7,9H2,1-2H3,(H,20,21). The van der Waals surface area contributed by atoms with Crippen LogP contribution >= 0.6 is 11.8 Å². The maximum atomic E-state index is 12.0. The maximum absolute atomic E-state index is 12.0. The molecule has 0 bridgehead atoms. The van der Waals surface area contributed by atoms with Crippen molar-refractivity contribution in [2.75, 3.05) is 5.75 Å². The minimum Gasteiger partial charge on any atom is -0.478 e. The Kier molecular flexibility index (Phi) is 6.03. The van der Waals surface area contributed by atoms with Gasteiger partial charge in [0, 0.05) is 36.2 Å². The number of carbonyl (C=O) groups excluding carboxylic acids is 2. The van der Waals surface area contributed by atoms with Gasteiger partial charge in [0.15, 0.2) is 5.12 Å². The largest absolute Gasteiger partial charge is 0.478 e. The highest BCUT2D eigenvalue weighted by molar-refractivity contribution is 8.13. The molecule has 0 amide bonds. The van der Waals surface area contributed by atoms with Crippen molar-refractivity contribution >= 4 is 39.7 Å². The third-order valence-electron chi connectivity index (χ3n) is 3.55. The molecule has 2 aromatic rings.